The van der Waals surface area contributed by atoms with Crippen molar-refractivity contribution in [3.63, 3.8) is 0 Å². The Hall–Kier alpha value is -4.29. The number of hydrogen-bond acceptors (Lipinski definition) is 7. The summed E-state index contributed by atoms with van der Waals surface area (Å²) in [6, 6.07) is 38.5. The van der Waals surface area contributed by atoms with Crippen LogP contribution in [0, 0.1) is 5.92 Å². The third-order valence-corrected chi connectivity index (χ3v) is 11.2. The second-order valence-corrected chi connectivity index (χ2v) is 14.7. The van der Waals surface area contributed by atoms with Gasteiger partial charge < -0.3 is 19.7 Å². The van der Waals surface area contributed by atoms with Gasteiger partial charge in [-0.25, -0.2) is 17.9 Å². The van der Waals surface area contributed by atoms with Gasteiger partial charge in [0.05, 0.1) is 29.3 Å². The zero-order chi connectivity index (χ0) is 34.4. The lowest BCUT2D eigenvalue weighted by Crippen LogP contribution is -2.38. The smallest absolute Gasteiger partial charge is 0.336 e. The number of rotatable bonds is 12. The zero-order valence-electron chi connectivity index (χ0n) is 26.8. The molecule has 1 aliphatic rings. The second kappa shape index (κ2) is 15.5. The van der Waals surface area contributed by atoms with E-state index in [0.717, 1.165) is 33.4 Å². The summed E-state index contributed by atoms with van der Waals surface area (Å²) in [5, 5.41) is 19.3. The van der Waals surface area contributed by atoms with Gasteiger partial charge in [0, 0.05) is 28.7 Å². The quantitative estimate of drug-likeness (QED) is 0.114. The molecule has 0 saturated carbocycles. The highest BCUT2D eigenvalue weighted by molar-refractivity contribution is 7.99. The number of aliphatic hydroxyl groups is 1. The maximum Gasteiger partial charge on any atom is 0.336 e. The lowest BCUT2D eigenvalue weighted by atomic mass is 9.91. The molecule has 0 radical (unpaired) electrons. The summed E-state index contributed by atoms with van der Waals surface area (Å²) in [4.78, 5) is 12.7. The number of carboxylic acid groups (broad SMARTS) is 1. The van der Waals surface area contributed by atoms with Crippen LogP contribution >= 0.6 is 11.8 Å². The van der Waals surface area contributed by atoms with E-state index < -0.39 is 22.3 Å². The summed E-state index contributed by atoms with van der Waals surface area (Å²) < 4.78 is 41.7. The molecule has 8 nitrogen and oxygen atoms in total. The number of carbonyl (C=O) groups is 1. The van der Waals surface area contributed by atoms with E-state index in [0.29, 0.717) is 10.6 Å². The molecule has 5 aromatic rings. The summed E-state index contributed by atoms with van der Waals surface area (Å²) in [5.74, 6) is -0.522. The van der Waals surface area contributed by atoms with Crippen molar-refractivity contribution in [1.82, 2.24) is 4.72 Å². The van der Waals surface area contributed by atoms with Crippen LogP contribution < -0.4 is 4.72 Å². The standard InChI is InChI=1S/C39H37NO7S2/c1-26-35(25-48-36-14-8-7-13-34(36)38(42)43)46-39(47-37(26)29-17-15-27(24-41)16-18-29)30-21-19-28(20-22-30)33-12-6-5-9-31(33)23-40-49(44,45)32-10-3-2-4-11-32/h2-22,26,35,37,39-41H,23-25H2,1H3,(H,42,43). The number of sulfonamides is 1. The van der Waals surface area contributed by atoms with Crippen LogP contribution in [0.5, 0.6) is 0 Å². The van der Waals surface area contributed by atoms with Crippen LogP contribution in [-0.2, 0) is 32.6 Å². The SMILES string of the molecule is CC1C(CSc2ccccc2C(=O)O)OC(c2ccc(-c3ccccc3CNS(=O)(=O)c3ccccc3)cc2)OC1c1ccc(CO)cc1. The Bertz CT molecular complexity index is 1980. The zero-order valence-corrected chi connectivity index (χ0v) is 28.4. The van der Waals surface area contributed by atoms with Gasteiger partial charge in [0.1, 0.15) is 0 Å². The maximum atomic E-state index is 12.9. The Kier molecular flexibility index (Phi) is 10.9. The fourth-order valence-electron chi connectivity index (χ4n) is 5.88. The minimum Gasteiger partial charge on any atom is -0.478 e. The largest absolute Gasteiger partial charge is 0.478 e. The molecule has 0 spiro atoms. The normalized spacial score (nSPS) is 19.4. The Labute approximate surface area is 290 Å². The summed E-state index contributed by atoms with van der Waals surface area (Å²) in [7, 11) is -3.68. The number of aliphatic hydroxyl groups excluding tert-OH is 1. The highest BCUT2D eigenvalue weighted by Gasteiger charge is 2.38. The summed E-state index contributed by atoms with van der Waals surface area (Å²) >= 11 is 1.45. The van der Waals surface area contributed by atoms with Crippen molar-refractivity contribution in [2.24, 2.45) is 5.92 Å². The van der Waals surface area contributed by atoms with Gasteiger partial charge in [0.2, 0.25) is 10.0 Å². The fourth-order valence-corrected chi connectivity index (χ4v) is 8.12. The first-order valence-electron chi connectivity index (χ1n) is 15.9. The number of benzene rings is 5. The van der Waals surface area contributed by atoms with E-state index >= 15 is 0 Å². The van der Waals surface area contributed by atoms with Crippen LogP contribution in [0.1, 0.15) is 51.9 Å². The highest BCUT2D eigenvalue weighted by atomic mass is 32.2. The van der Waals surface area contributed by atoms with Gasteiger partial charge in [0.15, 0.2) is 6.29 Å². The van der Waals surface area contributed by atoms with Gasteiger partial charge in [-0.2, -0.15) is 0 Å². The van der Waals surface area contributed by atoms with Gasteiger partial charge in [-0.3, -0.25) is 0 Å². The third-order valence-electron chi connectivity index (χ3n) is 8.66. The first-order valence-corrected chi connectivity index (χ1v) is 18.4. The monoisotopic (exact) mass is 695 g/mol. The van der Waals surface area contributed by atoms with Gasteiger partial charge in [0.25, 0.3) is 0 Å². The number of hydrogen-bond donors (Lipinski definition) is 3. The van der Waals surface area contributed by atoms with E-state index in [9.17, 15) is 23.4 Å². The van der Waals surface area contributed by atoms with E-state index in [1.165, 1.54) is 11.8 Å². The van der Waals surface area contributed by atoms with Gasteiger partial charge in [-0.15, -0.1) is 11.8 Å². The molecular weight excluding hydrogens is 659 g/mol. The number of thioether (sulfide) groups is 1. The first kappa shape index (κ1) is 34.6. The van der Waals surface area contributed by atoms with Crippen molar-refractivity contribution in [2.75, 3.05) is 5.75 Å². The molecular formula is C39H37NO7S2. The number of carboxylic acids is 1. The van der Waals surface area contributed by atoms with Crippen molar-refractivity contribution in [1.29, 1.82) is 0 Å². The van der Waals surface area contributed by atoms with Crippen LogP contribution in [0.4, 0.5) is 0 Å². The molecule has 4 atom stereocenters. The lowest BCUT2D eigenvalue weighted by Gasteiger charge is -2.41. The summed E-state index contributed by atoms with van der Waals surface area (Å²) in [5.41, 5.74) is 5.48. The predicted octanol–water partition coefficient (Wildman–Crippen LogP) is 7.61. The molecule has 0 aromatic heterocycles. The minimum absolute atomic E-state index is 0.0519. The van der Waals surface area contributed by atoms with Crippen LogP contribution in [0.15, 0.2) is 137 Å². The second-order valence-electron chi connectivity index (χ2n) is 11.9. The molecule has 4 unspecified atom stereocenters. The average Bonchev–Trinajstić information content (AvgIpc) is 3.14. The van der Waals surface area contributed by atoms with E-state index in [-0.39, 0.29) is 41.7 Å². The highest BCUT2D eigenvalue weighted by Crippen LogP contribution is 2.43. The van der Waals surface area contributed by atoms with E-state index in [1.54, 1.807) is 42.5 Å². The molecule has 1 aliphatic heterocycles. The van der Waals surface area contributed by atoms with Crippen molar-refractivity contribution >= 4 is 27.8 Å². The number of ether oxygens (including phenoxy) is 2. The summed E-state index contributed by atoms with van der Waals surface area (Å²) in [6.07, 6.45) is -1.28. The Balaban J connectivity index is 1.23. The van der Waals surface area contributed by atoms with Crippen LogP contribution in [0.3, 0.4) is 0 Å². The number of aromatic carboxylic acids is 1. The topological polar surface area (TPSA) is 122 Å². The van der Waals surface area contributed by atoms with Crippen LogP contribution in [0.2, 0.25) is 0 Å². The average molecular weight is 696 g/mol. The van der Waals surface area contributed by atoms with Gasteiger partial charge in [-0.05, 0) is 52.1 Å². The van der Waals surface area contributed by atoms with Gasteiger partial charge >= 0.3 is 5.97 Å². The molecule has 0 amide bonds. The van der Waals surface area contributed by atoms with E-state index in [2.05, 4.69) is 11.6 Å². The molecule has 0 aliphatic carbocycles. The first-order chi connectivity index (χ1) is 23.7. The molecule has 1 fully saturated rings. The molecule has 1 heterocycles. The van der Waals surface area contributed by atoms with E-state index in [1.807, 2.05) is 84.9 Å². The van der Waals surface area contributed by atoms with Crippen LogP contribution in [0.25, 0.3) is 11.1 Å². The molecule has 6 rings (SSSR count). The molecule has 3 N–H and O–H groups in total. The van der Waals surface area contributed by atoms with E-state index in [4.69, 9.17) is 9.47 Å². The lowest BCUT2D eigenvalue weighted by molar-refractivity contribution is -0.268. The maximum absolute atomic E-state index is 12.9. The Morgan fingerprint density at radius 2 is 1.45 bits per heavy atom. The molecule has 5 aromatic carbocycles. The molecule has 1 saturated heterocycles. The van der Waals surface area contributed by atoms with Crippen molar-refractivity contribution < 1.29 is 32.9 Å². The van der Waals surface area contributed by atoms with Crippen molar-refractivity contribution in [3.8, 4) is 11.1 Å². The Morgan fingerprint density at radius 1 is 0.796 bits per heavy atom. The predicted molar refractivity (Wildman–Crippen MR) is 189 cm³/mol. The van der Waals surface area contributed by atoms with Crippen LogP contribution in [-0.4, -0.2) is 36.5 Å². The van der Waals surface area contributed by atoms with Gasteiger partial charge in [-0.1, -0.05) is 110 Å². The van der Waals surface area contributed by atoms with Crippen molar-refractivity contribution in [3.05, 3.63) is 155 Å². The van der Waals surface area contributed by atoms with Crippen molar-refractivity contribution in [2.45, 2.75) is 48.4 Å². The minimum atomic E-state index is -3.68. The molecule has 252 valence electrons. The molecule has 10 heteroatoms. The Morgan fingerprint density at radius 3 is 2.16 bits per heavy atom. The number of nitrogens with one attached hydrogen (secondary N) is 1. The fraction of sp³-hybridized carbons (Fsp3) is 0.205. The summed E-state index contributed by atoms with van der Waals surface area (Å²) in [6.45, 7) is 2.15. The third kappa shape index (κ3) is 8.13. The molecule has 0 bridgehead atoms. The molecule has 49 heavy (non-hydrogen) atoms.